The second-order valence-corrected chi connectivity index (χ2v) is 29.6. The highest BCUT2D eigenvalue weighted by Crippen LogP contribution is 2.60. The molecule has 10 aromatic carbocycles. The average molecular weight is 1110 g/mol. The van der Waals surface area contributed by atoms with Gasteiger partial charge < -0.3 is 0 Å². The predicted molar refractivity (Wildman–Crippen MR) is 345 cm³/mol. The fourth-order valence-electron chi connectivity index (χ4n) is 13.1. The Labute approximate surface area is 483 Å². The lowest BCUT2D eigenvalue weighted by Gasteiger charge is -2.39. The lowest BCUT2D eigenvalue weighted by Crippen LogP contribution is -2.52. The molecule has 2 aliphatic heterocycles. The summed E-state index contributed by atoms with van der Waals surface area (Å²) in [5.41, 5.74) is 5.73. The van der Waals surface area contributed by atoms with Gasteiger partial charge in [0.05, 0.1) is 33.6 Å². The molecule has 0 spiro atoms. The number of rotatable bonds is 14. The van der Waals surface area contributed by atoms with E-state index in [4.69, 9.17) is 0 Å². The molecule has 6 nitrogen and oxygen atoms in total. The van der Waals surface area contributed by atoms with Gasteiger partial charge in [0.1, 0.15) is 57.0 Å². The molecule has 0 N–H and O–H groups in total. The topological polar surface area (TPSA) is 74.8 Å². The number of anilines is 2. The summed E-state index contributed by atoms with van der Waals surface area (Å²) in [5.74, 6) is -2.32. The quantitative estimate of drug-likeness (QED) is 0.0803. The van der Waals surface area contributed by atoms with Crippen molar-refractivity contribution < 1.29 is 19.2 Å². The maximum atomic E-state index is 17.2. The molecule has 8 heteroatoms. The van der Waals surface area contributed by atoms with Gasteiger partial charge in [-0.05, 0) is 131 Å². The van der Waals surface area contributed by atoms with Gasteiger partial charge in [0.2, 0.25) is 0 Å². The number of para-hydroxylation sites is 2. The van der Waals surface area contributed by atoms with E-state index in [9.17, 15) is 0 Å². The minimum atomic E-state index is -3.30. The Hall–Kier alpha value is -8.40. The second-order valence-electron chi connectivity index (χ2n) is 22.8. The highest BCUT2D eigenvalue weighted by atomic mass is 31.2. The molecule has 2 aliphatic rings. The molecule has 0 bridgehead atoms. The lowest BCUT2D eigenvalue weighted by molar-refractivity contribution is 0.0873. The summed E-state index contributed by atoms with van der Waals surface area (Å²) >= 11 is 0. The van der Waals surface area contributed by atoms with Crippen LogP contribution in [0, 0.1) is 0 Å². The molecule has 10 aromatic rings. The van der Waals surface area contributed by atoms with Gasteiger partial charge in [0.15, 0.2) is 0 Å². The summed E-state index contributed by atoms with van der Waals surface area (Å²) in [6.07, 6.45) is 0. The van der Waals surface area contributed by atoms with Crippen molar-refractivity contribution in [2.75, 3.05) is 9.80 Å². The third-order valence-corrected chi connectivity index (χ3v) is 25.4. The smallest absolute Gasteiger partial charge is 0.268 e. The third kappa shape index (κ3) is 8.28. The van der Waals surface area contributed by atoms with E-state index in [0.29, 0.717) is 43.9 Å². The molecule has 4 amide bonds. The van der Waals surface area contributed by atoms with Gasteiger partial charge in [0, 0.05) is 10.8 Å². The Balaban J connectivity index is 1.38. The molecule has 82 heavy (non-hydrogen) atoms. The highest BCUT2D eigenvalue weighted by molar-refractivity contribution is 8.02. The summed E-state index contributed by atoms with van der Waals surface area (Å²) in [4.78, 5) is 71.4. The molecule has 2 heterocycles. The van der Waals surface area contributed by atoms with Crippen LogP contribution in [0.1, 0.15) is 143 Å². The van der Waals surface area contributed by atoms with Gasteiger partial charge in [-0.2, -0.15) is 0 Å². The first-order valence-corrected chi connectivity index (χ1v) is 32.2. The Kier molecular flexibility index (Phi) is 14.2. The molecule has 404 valence electrons. The maximum Gasteiger partial charge on any atom is 0.270 e. The van der Waals surface area contributed by atoms with E-state index in [1.54, 1.807) is 0 Å². The predicted octanol–water partition coefficient (Wildman–Crippen LogP) is 14.2. The van der Waals surface area contributed by atoms with Gasteiger partial charge in [-0.25, -0.2) is 9.80 Å². The minimum absolute atomic E-state index is 0.0795. The first-order valence-electron chi connectivity index (χ1n) is 28.6. The molecular weight excluding hydrogens is 1040 g/mol. The van der Waals surface area contributed by atoms with Gasteiger partial charge in [-0.1, -0.05) is 201 Å². The molecule has 0 aliphatic carbocycles. The number of hydrogen-bond donors (Lipinski definition) is 0. The number of carbonyl (C=O) groups is 4. The van der Waals surface area contributed by atoms with Crippen molar-refractivity contribution in [1.29, 1.82) is 0 Å². The van der Waals surface area contributed by atoms with Crippen LogP contribution in [-0.2, 0) is 0 Å². The zero-order valence-corrected chi connectivity index (χ0v) is 49.5. The van der Waals surface area contributed by atoms with Gasteiger partial charge in [-0.3, -0.25) is 19.2 Å². The van der Waals surface area contributed by atoms with Crippen LogP contribution in [-0.4, -0.2) is 23.6 Å². The zero-order chi connectivity index (χ0) is 57.2. The van der Waals surface area contributed by atoms with Crippen molar-refractivity contribution in [2.45, 2.75) is 79.1 Å². The van der Waals surface area contributed by atoms with Crippen LogP contribution < -0.4 is 52.2 Å². The summed E-state index contributed by atoms with van der Waals surface area (Å²) in [6.45, 7) is 16.8. The summed E-state index contributed by atoms with van der Waals surface area (Å²) in [6, 6.07) is 78.3. The molecule has 0 atom stereocenters. The summed E-state index contributed by atoms with van der Waals surface area (Å²) < 4.78 is 0. The first-order chi connectivity index (χ1) is 39.7. The van der Waals surface area contributed by atoms with Crippen LogP contribution >= 0.6 is 14.5 Å². The fourth-order valence-corrected chi connectivity index (χ4v) is 22.0. The van der Waals surface area contributed by atoms with E-state index >= 15 is 19.2 Å². The van der Waals surface area contributed by atoms with E-state index in [0.717, 1.165) is 54.1 Å². The van der Waals surface area contributed by atoms with Gasteiger partial charge in [0.25, 0.3) is 23.6 Å². The van der Waals surface area contributed by atoms with Crippen molar-refractivity contribution in [1.82, 2.24) is 0 Å². The Morgan fingerprint density at radius 1 is 0.280 bits per heavy atom. The van der Waals surface area contributed by atoms with Crippen LogP contribution in [0.4, 0.5) is 11.4 Å². The number of carbonyl (C=O) groups excluding carboxylic acids is 4. The monoisotopic (exact) mass is 1110 g/mol. The number of imide groups is 2. The minimum Gasteiger partial charge on any atom is -0.268 e. The maximum absolute atomic E-state index is 17.2. The van der Waals surface area contributed by atoms with Crippen LogP contribution in [0.3, 0.4) is 0 Å². The largest absolute Gasteiger partial charge is 0.270 e. The number of hydrogen-bond acceptors (Lipinski definition) is 4. The van der Waals surface area contributed by atoms with Crippen molar-refractivity contribution in [3.63, 3.8) is 0 Å². The van der Waals surface area contributed by atoms with Crippen molar-refractivity contribution in [3.05, 3.63) is 275 Å². The SMILES string of the molecule is CC(C)c1cccc(C(C)C)c1N1C(=O)c2cc([P+](c3ccccc3)(c3ccccc3)c3ccccc3)c3c4c(cc([P+](c5ccccc5)(c5ccccc5)c5ccccc5)c(c24)C1=O)C(=O)N(c1c(C(C)C)cccc1C(C)C)C3=O. The highest BCUT2D eigenvalue weighted by Gasteiger charge is 2.58. The zero-order valence-electron chi connectivity index (χ0n) is 47.7. The molecule has 0 radical (unpaired) electrons. The fraction of sp³-hybridized carbons (Fsp3) is 0.162. The third-order valence-electron chi connectivity index (χ3n) is 16.8. The molecule has 0 aromatic heterocycles. The van der Waals surface area contributed by atoms with E-state index in [1.165, 1.54) is 9.80 Å². The second kappa shape index (κ2) is 21.5. The van der Waals surface area contributed by atoms with E-state index in [2.05, 4.69) is 128 Å². The van der Waals surface area contributed by atoms with Crippen LogP contribution in [0.25, 0.3) is 10.8 Å². The number of amides is 4. The standard InChI is InChI=1S/C74H66N2O4P2/c1-47(2)57-41-27-42-58(48(3)4)69(57)75-71(77)61-45-64(82(54-35-21-12-22-36-54,55-37-23-13-24-38-55)56-39-25-14-26-40-56)68-66-62(72(78)76(74(68)80)70-59(49(5)6)43-28-44-60(70)50(7)8)46-63(67(65(61)66)73(75)79)81(51-29-15-9-16-30-51,52-31-17-10-18-32-52)53-33-19-11-20-34-53/h9-50H,1-8H3/q+2. The summed E-state index contributed by atoms with van der Waals surface area (Å²) in [7, 11) is -6.59. The van der Waals surface area contributed by atoms with Gasteiger partial charge >= 0.3 is 0 Å². The molecular formula is C74H66N2O4P2+2. The molecule has 0 fully saturated rings. The Bertz CT molecular complexity index is 3610. The van der Waals surface area contributed by atoms with Gasteiger partial charge in [-0.15, -0.1) is 0 Å². The van der Waals surface area contributed by atoms with Crippen LogP contribution in [0.5, 0.6) is 0 Å². The van der Waals surface area contributed by atoms with Crippen molar-refractivity contribution in [2.24, 2.45) is 0 Å². The van der Waals surface area contributed by atoms with Crippen LogP contribution in [0.15, 0.2) is 231 Å². The Morgan fingerprint density at radius 3 is 0.707 bits per heavy atom. The van der Waals surface area contributed by atoms with E-state index in [1.807, 2.05) is 158 Å². The average Bonchev–Trinajstić information content (AvgIpc) is 0.966. The molecule has 12 rings (SSSR count). The Morgan fingerprint density at radius 2 is 0.500 bits per heavy atom. The molecule has 0 saturated heterocycles. The van der Waals surface area contributed by atoms with E-state index in [-0.39, 0.29) is 34.8 Å². The number of benzene rings is 10. The van der Waals surface area contributed by atoms with E-state index < -0.39 is 38.2 Å². The van der Waals surface area contributed by atoms with Crippen LogP contribution in [0.2, 0.25) is 0 Å². The normalized spacial score (nSPS) is 13.6. The molecule has 0 unspecified atom stereocenters. The lowest BCUT2D eigenvalue weighted by atomic mass is 9.83. The molecule has 0 saturated carbocycles. The first kappa shape index (κ1) is 54.2. The summed E-state index contributed by atoms with van der Waals surface area (Å²) in [5, 5.41) is 7.67. The van der Waals surface area contributed by atoms with Crippen molar-refractivity contribution >= 4 is 103 Å². The number of nitrogens with zero attached hydrogens (tertiary/aromatic N) is 2. The van der Waals surface area contributed by atoms with Crippen molar-refractivity contribution in [3.8, 4) is 0 Å².